The third-order valence-corrected chi connectivity index (χ3v) is 8.08. The molecule has 1 aromatic heterocycles. The number of carbonyl (C=O) groups is 2. The van der Waals surface area contributed by atoms with E-state index in [-0.39, 0.29) is 42.2 Å². The third-order valence-electron chi connectivity index (χ3n) is 6.75. The molecule has 0 radical (unpaired) electrons. The molecule has 3 atom stereocenters. The Morgan fingerprint density at radius 3 is 2.69 bits per heavy atom. The van der Waals surface area contributed by atoms with Gasteiger partial charge in [-0.1, -0.05) is 35.9 Å². The van der Waals surface area contributed by atoms with Gasteiger partial charge in [0.2, 0.25) is 5.91 Å². The van der Waals surface area contributed by atoms with Gasteiger partial charge in [0.05, 0.1) is 5.69 Å². The normalized spacial score (nSPS) is 22.1. The Hall–Kier alpha value is -1.97. The summed E-state index contributed by atoms with van der Waals surface area (Å²) in [5.41, 5.74) is 2.13. The number of fused-ring (bicyclic) bond motifs is 1. The first-order valence-corrected chi connectivity index (χ1v) is 13.3. The molecule has 1 aliphatic carbocycles. The second kappa shape index (κ2) is 13.0. The molecule has 2 heterocycles. The number of amides is 2. The average molecular weight is 553 g/mol. The average Bonchev–Trinajstić information content (AvgIpc) is 3.26. The van der Waals surface area contributed by atoms with Gasteiger partial charge in [0.25, 0.3) is 5.91 Å². The van der Waals surface area contributed by atoms with Crippen LogP contribution in [0.1, 0.15) is 45.2 Å². The minimum atomic E-state index is -0.141. The second-order valence-corrected chi connectivity index (χ2v) is 11.2. The van der Waals surface area contributed by atoms with Crippen LogP contribution in [0, 0.1) is 5.92 Å². The molecule has 0 saturated heterocycles. The van der Waals surface area contributed by atoms with Gasteiger partial charge in [-0.3, -0.25) is 9.59 Å². The molecular weight excluding hydrogens is 517 g/mol. The summed E-state index contributed by atoms with van der Waals surface area (Å²) in [4.78, 5) is 35.6. The lowest BCUT2D eigenvalue weighted by Gasteiger charge is -2.37. The molecule has 1 aromatic carbocycles. The van der Waals surface area contributed by atoms with Crippen molar-refractivity contribution in [2.24, 2.45) is 5.92 Å². The quantitative estimate of drug-likeness (QED) is 0.546. The summed E-state index contributed by atoms with van der Waals surface area (Å²) < 4.78 is 0. The molecule has 1 saturated carbocycles. The van der Waals surface area contributed by atoms with Crippen LogP contribution in [0.15, 0.2) is 30.3 Å². The molecular formula is C26H35Cl2N5O2S. The van der Waals surface area contributed by atoms with Crippen LogP contribution in [-0.4, -0.2) is 72.9 Å². The first kappa shape index (κ1) is 28.6. The molecule has 0 spiro atoms. The summed E-state index contributed by atoms with van der Waals surface area (Å²) in [5, 5.41) is 8.03. The maximum absolute atomic E-state index is 13.2. The molecule has 2 N–H and O–H groups in total. The van der Waals surface area contributed by atoms with Crippen molar-refractivity contribution in [3.8, 4) is 0 Å². The maximum atomic E-state index is 13.2. The molecule has 1 fully saturated rings. The number of halogens is 2. The molecule has 0 bridgehead atoms. The molecule has 196 valence electrons. The molecule has 2 aliphatic rings. The van der Waals surface area contributed by atoms with E-state index in [1.54, 1.807) is 19.0 Å². The highest BCUT2D eigenvalue weighted by Gasteiger charge is 2.35. The number of carbonyl (C=O) groups excluding carboxylic acids is 2. The zero-order valence-corrected chi connectivity index (χ0v) is 23.4. The van der Waals surface area contributed by atoms with Gasteiger partial charge in [-0.05, 0) is 44.0 Å². The van der Waals surface area contributed by atoms with Crippen LogP contribution in [-0.2, 0) is 17.8 Å². The van der Waals surface area contributed by atoms with Crippen LogP contribution in [0.5, 0.6) is 0 Å². The maximum Gasteiger partial charge on any atom is 0.280 e. The monoisotopic (exact) mass is 551 g/mol. The van der Waals surface area contributed by atoms with Crippen LogP contribution < -0.4 is 10.6 Å². The highest BCUT2D eigenvalue weighted by Crippen LogP contribution is 2.28. The lowest BCUT2D eigenvalue weighted by atomic mass is 9.81. The van der Waals surface area contributed by atoms with Gasteiger partial charge in [0, 0.05) is 68.1 Å². The predicted octanol–water partition coefficient (Wildman–Crippen LogP) is 3.86. The van der Waals surface area contributed by atoms with Gasteiger partial charge in [-0.2, -0.15) is 0 Å². The van der Waals surface area contributed by atoms with Crippen LogP contribution in [0.4, 0.5) is 0 Å². The Labute approximate surface area is 228 Å². The molecule has 2 amide bonds. The molecule has 0 unspecified atom stereocenters. The van der Waals surface area contributed by atoms with E-state index in [2.05, 4.69) is 39.7 Å². The van der Waals surface area contributed by atoms with E-state index in [4.69, 9.17) is 11.6 Å². The minimum absolute atomic E-state index is 0. The van der Waals surface area contributed by atoms with Crippen molar-refractivity contribution in [2.75, 3.05) is 34.2 Å². The minimum Gasteiger partial charge on any atom is -0.349 e. The van der Waals surface area contributed by atoms with Gasteiger partial charge in [0.1, 0.15) is 0 Å². The first-order chi connectivity index (χ1) is 16.8. The van der Waals surface area contributed by atoms with E-state index in [1.807, 2.05) is 24.3 Å². The van der Waals surface area contributed by atoms with Crippen molar-refractivity contribution in [1.29, 1.82) is 0 Å². The highest BCUT2D eigenvalue weighted by atomic mass is 35.5. The fraction of sp³-hybridized carbons (Fsp3) is 0.500. The van der Waals surface area contributed by atoms with Crippen LogP contribution in [0.25, 0.3) is 6.08 Å². The van der Waals surface area contributed by atoms with E-state index in [9.17, 15) is 9.59 Å². The van der Waals surface area contributed by atoms with Crippen LogP contribution in [0.3, 0.4) is 0 Å². The van der Waals surface area contributed by atoms with E-state index in [1.165, 1.54) is 16.2 Å². The topological polar surface area (TPSA) is 77.6 Å². The highest BCUT2D eigenvalue weighted by molar-refractivity contribution is 7.13. The summed E-state index contributed by atoms with van der Waals surface area (Å²) in [6.07, 6.45) is 7.25. The molecule has 10 heteroatoms. The van der Waals surface area contributed by atoms with Crippen LogP contribution in [0.2, 0.25) is 5.02 Å². The number of nitrogens with one attached hydrogen (secondary N) is 2. The Bertz CT molecular complexity index is 1070. The molecule has 36 heavy (non-hydrogen) atoms. The van der Waals surface area contributed by atoms with Gasteiger partial charge < -0.3 is 20.4 Å². The summed E-state index contributed by atoms with van der Waals surface area (Å²) >= 11 is 7.45. The molecule has 2 aromatic rings. The zero-order valence-electron chi connectivity index (χ0n) is 21.0. The molecule has 7 nitrogen and oxygen atoms in total. The van der Waals surface area contributed by atoms with Crippen molar-refractivity contribution in [1.82, 2.24) is 25.4 Å². The SMILES string of the molecule is CN1CCc2nc(C(=O)N[C@@H]3C[C@@H](C(=O)N(C)C)CC[C@@H]3NC/C=C/c3ccc(Cl)cc3)sc2C1.Cl. The summed E-state index contributed by atoms with van der Waals surface area (Å²) in [6.45, 7) is 2.47. The van der Waals surface area contributed by atoms with Crippen LogP contribution >= 0.6 is 35.3 Å². The number of benzene rings is 1. The number of aromatic nitrogens is 1. The number of rotatable bonds is 7. The predicted molar refractivity (Wildman–Crippen MR) is 149 cm³/mol. The number of nitrogens with zero attached hydrogens (tertiary/aromatic N) is 3. The largest absolute Gasteiger partial charge is 0.349 e. The van der Waals surface area contributed by atoms with Crippen molar-refractivity contribution < 1.29 is 9.59 Å². The van der Waals surface area contributed by atoms with Gasteiger partial charge >= 0.3 is 0 Å². The van der Waals surface area contributed by atoms with Crippen molar-refractivity contribution in [3.05, 3.63) is 56.5 Å². The number of thiazole rings is 1. The van der Waals surface area contributed by atoms with E-state index in [0.717, 1.165) is 48.6 Å². The summed E-state index contributed by atoms with van der Waals surface area (Å²) in [7, 11) is 5.67. The lowest BCUT2D eigenvalue weighted by Crippen LogP contribution is -2.54. The Kier molecular flexibility index (Phi) is 10.3. The van der Waals surface area contributed by atoms with E-state index in [0.29, 0.717) is 18.0 Å². The first-order valence-electron chi connectivity index (χ1n) is 12.1. The third kappa shape index (κ3) is 7.29. The number of likely N-dealkylation sites (N-methyl/N-ethyl adjacent to an activating group) is 1. The van der Waals surface area contributed by atoms with E-state index >= 15 is 0 Å². The van der Waals surface area contributed by atoms with Gasteiger partial charge in [0.15, 0.2) is 5.01 Å². The Balaban J connectivity index is 0.00000361. The Morgan fingerprint density at radius 2 is 1.97 bits per heavy atom. The fourth-order valence-electron chi connectivity index (χ4n) is 4.80. The van der Waals surface area contributed by atoms with Gasteiger partial charge in [-0.15, -0.1) is 23.7 Å². The molecule has 4 rings (SSSR count). The lowest BCUT2D eigenvalue weighted by molar-refractivity contribution is -0.134. The van der Waals surface area contributed by atoms with Crippen molar-refractivity contribution >= 4 is 53.2 Å². The summed E-state index contributed by atoms with van der Waals surface area (Å²) in [5.74, 6) is -0.104. The number of hydrogen-bond acceptors (Lipinski definition) is 6. The van der Waals surface area contributed by atoms with Crippen molar-refractivity contribution in [2.45, 2.75) is 44.3 Å². The van der Waals surface area contributed by atoms with Gasteiger partial charge in [-0.25, -0.2) is 4.98 Å². The van der Waals surface area contributed by atoms with Crippen molar-refractivity contribution in [3.63, 3.8) is 0 Å². The smallest absolute Gasteiger partial charge is 0.280 e. The number of hydrogen-bond donors (Lipinski definition) is 2. The van der Waals surface area contributed by atoms with E-state index < -0.39 is 0 Å². The summed E-state index contributed by atoms with van der Waals surface area (Å²) in [6, 6.07) is 7.64. The second-order valence-electron chi connectivity index (χ2n) is 9.67. The zero-order chi connectivity index (χ0) is 24.9. The Morgan fingerprint density at radius 1 is 1.22 bits per heavy atom. The fourth-order valence-corrected chi connectivity index (χ4v) is 6.02. The standard InChI is InChI=1S/C26H34ClN5O2S.ClH/c1-31(2)26(34)18-8-11-20(28-13-4-5-17-6-9-19(27)10-7-17)22(15-18)29-24(33)25-30-21-12-14-32(3)16-23(21)35-25;/h4-7,9-10,18,20,22,28H,8,11-16H2,1-3H3,(H,29,33);1H/b5-4+;/t18-,20-,22+;/m0./s1. The molecule has 1 aliphatic heterocycles.